The van der Waals surface area contributed by atoms with Gasteiger partial charge in [0.25, 0.3) is 10.0 Å². The van der Waals surface area contributed by atoms with Gasteiger partial charge in [-0.25, -0.2) is 21.1 Å². The molecule has 0 saturated carbocycles. The van der Waals surface area contributed by atoms with Gasteiger partial charge in [-0.3, -0.25) is 4.72 Å². The molecule has 0 aliphatic heterocycles. The SMILES string of the molecule is COc1ccc(Oc2cc(NS(=O)(=O)c3ccc(S(=O)(=O)N(C)C)cc3)ccc2OC)cc1. The third-order valence-corrected chi connectivity index (χ3v) is 7.84. The van der Waals surface area contributed by atoms with Crippen molar-refractivity contribution in [1.82, 2.24) is 4.31 Å². The van der Waals surface area contributed by atoms with Crippen molar-refractivity contribution in [1.29, 1.82) is 0 Å². The Labute approximate surface area is 193 Å². The molecule has 0 aliphatic rings. The minimum Gasteiger partial charge on any atom is -0.497 e. The molecule has 11 heteroatoms. The van der Waals surface area contributed by atoms with Crippen LogP contribution in [0.3, 0.4) is 0 Å². The van der Waals surface area contributed by atoms with Crippen LogP contribution in [0.2, 0.25) is 0 Å². The highest BCUT2D eigenvalue weighted by molar-refractivity contribution is 7.92. The lowest BCUT2D eigenvalue weighted by Gasteiger charge is -2.14. The summed E-state index contributed by atoms with van der Waals surface area (Å²) in [5.74, 6) is 1.88. The third-order valence-electron chi connectivity index (χ3n) is 4.62. The average molecular weight is 493 g/mol. The van der Waals surface area contributed by atoms with Gasteiger partial charge in [-0.1, -0.05) is 0 Å². The van der Waals surface area contributed by atoms with E-state index in [0.717, 1.165) is 4.31 Å². The van der Waals surface area contributed by atoms with Crippen LogP contribution in [0, 0.1) is 0 Å². The van der Waals surface area contributed by atoms with E-state index in [1.807, 2.05) is 0 Å². The quantitative estimate of drug-likeness (QED) is 0.486. The van der Waals surface area contributed by atoms with Gasteiger partial charge in [0.15, 0.2) is 11.5 Å². The molecule has 3 aromatic carbocycles. The minimum absolute atomic E-state index is 0.00826. The van der Waals surface area contributed by atoms with E-state index in [0.29, 0.717) is 23.0 Å². The zero-order valence-electron chi connectivity index (χ0n) is 18.5. The minimum atomic E-state index is -3.99. The van der Waals surface area contributed by atoms with E-state index in [-0.39, 0.29) is 15.5 Å². The smallest absolute Gasteiger partial charge is 0.261 e. The molecule has 1 N–H and O–H groups in total. The molecule has 0 unspecified atom stereocenters. The monoisotopic (exact) mass is 492 g/mol. The van der Waals surface area contributed by atoms with Crippen molar-refractivity contribution in [2.75, 3.05) is 33.0 Å². The Morgan fingerprint density at radius 3 is 1.82 bits per heavy atom. The Morgan fingerprint density at radius 1 is 0.697 bits per heavy atom. The van der Waals surface area contributed by atoms with Gasteiger partial charge in [0.05, 0.1) is 29.7 Å². The van der Waals surface area contributed by atoms with E-state index < -0.39 is 20.0 Å². The van der Waals surface area contributed by atoms with Crippen LogP contribution in [0.25, 0.3) is 0 Å². The van der Waals surface area contributed by atoms with Crippen LogP contribution in [0.15, 0.2) is 76.5 Å². The van der Waals surface area contributed by atoms with Crippen molar-refractivity contribution < 1.29 is 31.0 Å². The Morgan fingerprint density at radius 2 is 1.27 bits per heavy atom. The lowest BCUT2D eigenvalue weighted by molar-refractivity contribution is 0.378. The molecule has 0 spiro atoms. The molecule has 0 amide bonds. The molecule has 9 nitrogen and oxygen atoms in total. The molecule has 0 aromatic heterocycles. The summed E-state index contributed by atoms with van der Waals surface area (Å²) in [6, 6.07) is 16.4. The average Bonchev–Trinajstić information content (AvgIpc) is 2.79. The van der Waals surface area contributed by atoms with E-state index in [9.17, 15) is 16.8 Å². The van der Waals surface area contributed by atoms with Gasteiger partial charge in [0.2, 0.25) is 10.0 Å². The predicted molar refractivity (Wildman–Crippen MR) is 124 cm³/mol. The number of rotatable bonds is 9. The van der Waals surface area contributed by atoms with E-state index in [4.69, 9.17) is 14.2 Å². The third kappa shape index (κ3) is 5.56. The normalized spacial score (nSPS) is 11.8. The molecule has 0 atom stereocenters. The van der Waals surface area contributed by atoms with E-state index in [1.54, 1.807) is 37.4 Å². The standard InChI is InChI=1S/C22H24N2O7S2/c1-24(2)33(27,28)20-12-10-19(11-13-20)32(25,26)23-16-5-14-21(30-4)22(15-16)31-18-8-6-17(29-3)7-9-18/h5-15,23H,1-4H3. The van der Waals surface area contributed by atoms with Gasteiger partial charge < -0.3 is 14.2 Å². The fourth-order valence-corrected chi connectivity index (χ4v) is 4.76. The van der Waals surface area contributed by atoms with Crippen molar-refractivity contribution in [2.24, 2.45) is 0 Å². The largest absolute Gasteiger partial charge is 0.497 e. The summed E-state index contributed by atoms with van der Waals surface area (Å²) in [5.41, 5.74) is 0.240. The van der Waals surface area contributed by atoms with Crippen LogP contribution in [0.5, 0.6) is 23.0 Å². The van der Waals surface area contributed by atoms with Gasteiger partial charge in [-0.2, -0.15) is 0 Å². The number of nitrogens with one attached hydrogen (secondary N) is 1. The van der Waals surface area contributed by atoms with Crippen LogP contribution in [0.1, 0.15) is 0 Å². The summed E-state index contributed by atoms with van der Waals surface area (Å²) in [6.45, 7) is 0. The molecule has 0 radical (unpaired) electrons. The lowest BCUT2D eigenvalue weighted by Crippen LogP contribution is -2.22. The van der Waals surface area contributed by atoms with Gasteiger partial charge in [0.1, 0.15) is 11.5 Å². The number of hydrogen-bond donors (Lipinski definition) is 1. The van der Waals surface area contributed by atoms with Crippen molar-refractivity contribution in [2.45, 2.75) is 9.79 Å². The van der Waals surface area contributed by atoms with Crippen LogP contribution >= 0.6 is 0 Å². The zero-order chi connectivity index (χ0) is 24.2. The molecule has 0 heterocycles. The molecule has 33 heavy (non-hydrogen) atoms. The molecule has 0 fully saturated rings. The Bertz CT molecular complexity index is 1320. The van der Waals surface area contributed by atoms with Crippen LogP contribution < -0.4 is 18.9 Å². The van der Waals surface area contributed by atoms with Crippen LogP contribution in [0.4, 0.5) is 5.69 Å². The second kappa shape index (κ2) is 9.69. The molecule has 0 aliphatic carbocycles. The zero-order valence-corrected chi connectivity index (χ0v) is 20.1. The second-order valence-electron chi connectivity index (χ2n) is 7.01. The fraction of sp³-hybridized carbons (Fsp3) is 0.182. The number of ether oxygens (including phenoxy) is 3. The number of sulfonamides is 2. The molecule has 3 aromatic rings. The number of methoxy groups -OCH3 is 2. The highest BCUT2D eigenvalue weighted by Crippen LogP contribution is 2.35. The maximum Gasteiger partial charge on any atom is 0.261 e. The molecule has 0 bridgehead atoms. The fourth-order valence-electron chi connectivity index (χ4n) is 2.81. The molecular formula is C22H24N2O7S2. The summed E-state index contributed by atoms with van der Waals surface area (Å²) in [5, 5.41) is 0. The van der Waals surface area contributed by atoms with Crippen molar-refractivity contribution in [3.63, 3.8) is 0 Å². The Hall–Kier alpha value is -3.28. The Balaban J connectivity index is 1.85. The van der Waals surface area contributed by atoms with Gasteiger partial charge in [-0.15, -0.1) is 0 Å². The molecule has 176 valence electrons. The summed E-state index contributed by atoms with van der Waals surface area (Å²) in [4.78, 5) is -0.0975. The van der Waals surface area contributed by atoms with Crippen molar-refractivity contribution in [3.8, 4) is 23.0 Å². The van der Waals surface area contributed by atoms with Gasteiger partial charge in [-0.05, 0) is 60.7 Å². The highest BCUT2D eigenvalue weighted by atomic mass is 32.2. The number of nitrogens with zero attached hydrogens (tertiary/aromatic N) is 1. The summed E-state index contributed by atoms with van der Waals surface area (Å²) < 4.78 is 69.9. The number of anilines is 1. The highest BCUT2D eigenvalue weighted by Gasteiger charge is 2.20. The van der Waals surface area contributed by atoms with Crippen molar-refractivity contribution >= 4 is 25.7 Å². The topological polar surface area (TPSA) is 111 Å². The maximum absolute atomic E-state index is 12.8. The number of benzene rings is 3. The van der Waals surface area contributed by atoms with Crippen LogP contribution in [-0.4, -0.2) is 49.5 Å². The van der Waals surface area contributed by atoms with Crippen molar-refractivity contribution in [3.05, 3.63) is 66.7 Å². The lowest BCUT2D eigenvalue weighted by atomic mass is 10.2. The molecule has 0 saturated heterocycles. The van der Waals surface area contributed by atoms with E-state index >= 15 is 0 Å². The molecule has 3 rings (SSSR count). The van der Waals surface area contributed by atoms with Crippen LogP contribution in [-0.2, 0) is 20.0 Å². The summed E-state index contributed by atoms with van der Waals surface area (Å²) >= 11 is 0. The Kier molecular flexibility index (Phi) is 7.15. The summed E-state index contributed by atoms with van der Waals surface area (Å²) in [6.07, 6.45) is 0. The first-order valence-corrected chi connectivity index (χ1v) is 12.5. The maximum atomic E-state index is 12.8. The van der Waals surface area contributed by atoms with E-state index in [1.165, 1.54) is 57.6 Å². The first-order valence-electron chi connectivity index (χ1n) is 9.62. The van der Waals surface area contributed by atoms with Gasteiger partial charge in [0, 0.05) is 20.2 Å². The second-order valence-corrected chi connectivity index (χ2v) is 10.8. The summed E-state index contributed by atoms with van der Waals surface area (Å²) in [7, 11) is -1.82. The van der Waals surface area contributed by atoms with Gasteiger partial charge >= 0.3 is 0 Å². The first kappa shape index (κ1) is 24.4. The predicted octanol–water partition coefficient (Wildman–Crippen LogP) is 3.55. The first-order chi connectivity index (χ1) is 15.6. The van der Waals surface area contributed by atoms with E-state index in [2.05, 4.69) is 4.72 Å². The number of hydrogen-bond acceptors (Lipinski definition) is 7. The molecular weight excluding hydrogens is 468 g/mol.